The van der Waals surface area contributed by atoms with Crippen LogP contribution in [0.1, 0.15) is 26.4 Å². The number of carbonyl (C=O) groups is 2. The summed E-state index contributed by atoms with van der Waals surface area (Å²) in [6, 6.07) is 9.86. The second kappa shape index (κ2) is 11.1. The normalized spacial score (nSPS) is 10.5. The molecule has 9 heteroatoms. The Kier molecular flexibility index (Phi) is 8.89. The summed E-state index contributed by atoms with van der Waals surface area (Å²) < 4.78 is 1.23. The molecule has 2 amide bonds. The van der Waals surface area contributed by atoms with Crippen molar-refractivity contribution >= 4 is 46.8 Å². The molecule has 1 heterocycles. The average Bonchev–Trinajstić information content (AvgIpc) is 2.69. The van der Waals surface area contributed by atoms with Crippen LogP contribution in [0, 0.1) is 0 Å². The third kappa shape index (κ3) is 6.02. The fourth-order valence-electron chi connectivity index (χ4n) is 2.49. The van der Waals surface area contributed by atoms with Crippen molar-refractivity contribution in [3.8, 4) is 0 Å². The van der Waals surface area contributed by atoms with Crippen LogP contribution in [0.3, 0.4) is 0 Å². The zero-order valence-corrected chi connectivity index (χ0v) is 17.7. The van der Waals surface area contributed by atoms with E-state index in [9.17, 15) is 14.4 Å². The second-order valence-electron chi connectivity index (χ2n) is 5.84. The molecule has 0 aliphatic rings. The molecule has 0 saturated carbocycles. The van der Waals surface area contributed by atoms with Gasteiger partial charge in [0.2, 0.25) is 0 Å². The van der Waals surface area contributed by atoms with E-state index >= 15 is 0 Å². The van der Waals surface area contributed by atoms with E-state index in [1.54, 1.807) is 36.0 Å². The van der Waals surface area contributed by atoms with Crippen molar-refractivity contribution in [1.29, 1.82) is 0 Å². The Labute approximate surface area is 177 Å². The number of benzene rings is 1. The monoisotopic (exact) mass is 441 g/mol. The van der Waals surface area contributed by atoms with Crippen molar-refractivity contribution < 1.29 is 9.59 Å². The smallest absolute Gasteiger partial charge is 0.268 e. The molecule has 1 aromatic carbocycles. The van der Waals surface area contributed by atoms with Gasteiger partial charge in [0, 0.05) is 36.3 Å². The zero-order chi connectivity index (χ0) is 20.5. The number of hydrogen-bond donors (Lipinski definition) is 2. The van der Waals surface area contributed by atoms with Crippen molar-refractivity contribution in [2.24, 2.45) is 0 Å². The Morgan fingerprint density at radius 3 is 2.43 bits per heavy atom. The molecule has 28 heavy (non-hydrogen) atoms. The number of rotatable bonds is 9. The number of alkyl halides is 1. The van der Waals surface area contributed by atoms with Gasteiger partial charge >= 0.3 is 0 Å². The quantitative estimate of drug-likeness (QED) is 0.463. The number of aromatic nitrogens is 1. The molecule has 2 aromatic rings. The van der Waals surface area contributed by atoms with Crippen LogP contribution in [0.2, 0.25) is 5.02 Å². The highest BCUT2D eigenvalue weighted by Crippen LogP contribution is 2.09. The van der Waals surface area contributed by atoms with E-state index in [-0.39, 0.29) is 36.1 Å². The van der Waals surface area contributed by atoms with E-state index in [2.05, 4.69) is 10.6 Å². The summed E-state index contributed by atoms with van der Waals surface area (Å²) in [5.74, 6) is 0.0133. The van der Waals surface area contributed by atoms with Crippen LogP contribution in [-0.4, -0.2) is 40.8 Å². The average molecular weight is 442 g/mol. The van der Waals surface area contributed by atoms with Gasteiger partial charge < -0.3 is 15.2 Å². The van der Waals surface area contributed by atoms with Gasteiger partial charge in [0.05, 0.1) is 0 Å². The van der Waals surface area contributed by atoms with E-state index in [1.165, 1.54) is 16.7 Å². The minimum absolute atomic E-state index is 0.0419. The van der Waals surface area contributed by atoms with Gasteiger partial charge in [0.25, 0.3) is 17.4 Å². The van der Waals surface area contributed by atoms with Crippen LogP contribution in [0.15, 0.2) is 41.2 Å². The Hall–Kier alpha value is -1.96. The SMILES string of the molecule is CSCCNC(=O)c1ccc(C(=O)NCc2ccc(Cl)cc2)c(=O)n1CCCl. The van der Waals surface area contributed by atoms with Crippen molar-refractivity contribution in [3.63, 3.8) is 0 Å². The van der Waals surface area contributed by atoms with Gasteiger partial charge in [-0.1, -0.05) is 23.7 Å². The van der Waals surface area contributed by atoms with E-state index in [4.69, 9.17) is 23.2 Å². The van der Waals surface area contributed by atoms with Gasteiger partial charge in [0.1, 0.15) is 11.3 Å². The lowest BCUT2D eigenvalue weighted by atomic mass is 10.2. The van der Waals surface area contributed by atoms with Gasteiger partial charge in [-0.25, -0.2) is 0 Å². The molecule has 1 aromatic heterocycles. The van der Waals surface area contributed by atoms with Crippen LogP contribution in [0.4, 0.5) is 0 Å². The minimum atomic E-state index is -0.549. The summed E-state index contributed by atoms with van der Waals surface area (Å²) in [4.78, 5) is 37.6. The van der Waals surface area contributed by atoms with Crippen LogP contribution in [-0.2, 0) is 13.1 Å². The van der Waals surface area contributed by atoms with Crippen LogP contribution in [0.5, 0.6) is 0 Å². The van der Waals surface area contributed by atoms with Gasteiger partial charge in [0.15, 0.2) is 0 Å². The number of halogens is 2. The lowest BCUT2D eigenvalue weighted by Crippen LogP contribution is -2.38. The standard InChI is InChI=1S/C19H21Cl2N3O3S/c1-28-11-9-22-18(26)16-7-6-15(19(27)24(16)10-8-20)17(25)23-12-13-2-4-14(21)5-3-13/h2-7H,8-12H2,1H3,(H,22,26)(H,23,25). The van der Waals surface area contributed by atoms with E-state index in [1.807, 2.05) is 6.26 Å². The zero-order valence-electron chi connectivity index (χ0n) is 15.3. The van der Waals surface area contributed by atoms with E-state index < -0.39 is 11.5 Å². The molecular weight excluding hydrogens is 421 g/mol. The Balaban J connectivity index is 2.18. The largest absolute Gasteiger partial charge is 0.350 e. The predicted molar refractivity (Wildman–Crippen MR) is 115 cm³/mol. The molecule has 0 aliphatic carbocycles. The van der Waals surface area contributed by atoms with Gasteiger partial charge in [-0.15, -0.1) is 11.6 Å². The number of pyridine rings is 1. The first-order chi connectivity index (χ1) is 13.5. The highest BCUT2D eigenvalue weighted by atomic mass is 35.5. The number of thioether (sulfide) groups is 1. The number of amides is 2. The molecule has 0 unspecified atom stereocenters. The summed E-state index contributed by atoms with van der Waals surface area (Å²) in [6.45, 7) is 0.865. The summed E-state index contributed by atoms with van der Waals surface area (Å²) >= 11 is 13.2. The number of nitrogens with one attached hydrogen (secondary N) is 2. The highest BCUT2D eigenvalue weighted by Gasteiger charge is 2.18. The summed E-state index contributed by atoms with van der Waals surface area (Å²) in [7, 11) is 0. The van der Waals surface area contributed by atoms with Crippen LogP contribution >= 0.6 is 35.0 Å². The maximum Gasteiger partial charge on any atom is 0.268 e. The highest BCUT2D eigenvalue weighted by molar-refractivity contribution is 7.98. The summed E-state index contributed by atoms with van der Waals surface area (Å²) in [5.41, 5.74) is 0.441. The fraction of sp³-hybridized carbons (Fsp3) is 0.316. The molecule has 0 saturated heterocycles. The minimum Gasteiger partial charge on any atom is -0.350 e. The number of carbonyl (C=O) groups excluding carboxylic acids is 2. The summed E-state index contributed by atoms with van der Waals surface area (Å²) in [6.07, 6.45) is 1.94. The number of nitrogens with zero attached hydrogens (tertiary/aromatic N) is 1. The lowest BCUT2D eigenvalue weighted by Gasteiger charge is -2.13. The molecule has 2 rings (SSSR count). The molecular formula is C19H21Cl2N3O3S. The first-order valence-corrected chi connectivity index (χ1v) is 10.9. The van der Waals surface area contributed by atoms with Crippen LogP contribution in [0.25, 0.3) is 0 Å². The predicted octanol–water partition coefficient (Wildman–Crippen LogP) is 2.76. The van der Waals surface area contributed by atoms with E-state index in [0.29, 0.717) is 11.6 Å². The first kappa shape index (κ1) is 22.3. The van der Waals surface area contributed by atoms with Gasteiger partial charge in [-0.3, -0.25) is 14.4 Å². The molecule has 2 N–H and O–H groups in total. The molecule has 0 atom stereocenters. The van der Waals surface area contributed by atoms with Gasteiger partial charge in [-0.2, -0.15) is 11.8 Å². The van der Waals surface area contributed by atoms with Crippen molar-refractivity contribution in [3.05, 3.63) is 68.6 Å². The molecule has 0 bridgehead atoms. The maximum atomic E-state index is 12.8. The van der Waals surface area contributed by atoms with Gasteiger partial charge in [-0.05, 0) is 36.1 Å². The van der Waals surface area contributed by atoms with Crippen molar-refractivity contribution in [1.82, 2.24) is 15.2 Å². The first-order valence-electron chi connectivity index (χ1n) is 8.57. The van der Waals surface area contributed by atoms with E-state index in [0.717, 1.165) is 11.3 Å². The fourth-order valence-corrected chi connectivity index (χ4v) is 3.09. The van der Waals surface area contributed by atoms with Crippen LogP contribution < -0.4 is 16.2 Å². The topological polar surface area (TPSA) is 80.2 Å². The molecule has 6 nitrogen and oxygen atoms in total. The maximum absolute atomic E-state index is 12.8. The molecule has 150 valence electrons. The molecule has 0 radical (unpaired) electrons. The molecule has 0 spiro atoms. The second-order valence-corrected chi connectivity index (χ2v) is 7.64. The Morgan fingerprint density at radius 2 is 1.79 bits per heavy atom. The lowest BCUT2D eigenvalue weighted by molar-refractivity contribution is 0.0931. The van der Waals surface area contributed by atoms with Crippen molar-refractivity contribution in [2.75, 3.05) is 24.4 Å². The third-order valence-corrected chi connectivity index (χ3v) is 4.95. The molecule has 0 aliphatic heterocycles. The summed E-state index contributed by atoms with van der Waals surface area (Å²) in [5, 5.41) is 6.06. The van der Waals surface area contributed by atoms with Crippen molar-refractivity contribution in [2.45, 2.75) is 13.1 Å². The third-order valence-electron chi connectivity index (χ3n) is 3.92. The molecule has 0 fully saturated rings. The Morgan fingerprint density at radius 1 is 1.07 bits per heavy atom. The Bertz CT molecular complexity index is 885. The number of hydrogen-bond acceptors (Lipinski definition) is 4.